The van der Waals surface area contributed by atoms with E-state index in [4.69, 9.17) is 4.84 Å². The number of hydrogen-bond donors (Lipinski definition) is 1. The highest BCUT2D eigenvalue weighted by Gasteiger charge is 2.52. The number of nitrogens with zero attached hydrogens (tertiary/aromatic N) is 3. The molecule has 1 aromatic heterocycles. The molecule has 2 fully saturated rings. The highest BCUT2D eigenvalue weighted by atomic mass is 19.3. The number of rotatable bonds is 4. The molecule has 3 heterocycles. The summed E-state index contributed by atoms with van der Waals surface area (Å²) in [6.45, 7) is 1.13. The van der Waals surface area contributed by atoms with Gasteiger partial charge in [0.25, 0.3) is 5.91 Å². The van der Waals surface area contributed by atoms with Gasteiger partial charge in [-0.2, -0.15) is 0 Å². The van der Waals surface area contributed by atoms with Crippen molar-refractivity contribution in [2.24, 2.45) is 11.1 Å². The molecule has 1 saturated carbocycles. The second kappa shape index (κ2) is 7.10. The number of nitrogens with one attached hydrogen (secondary N) is 1. The molecule has 4 rings (SSSR count). The molecule has 1 atom stereocenters. The predicted octanol–water partition coefficient (Wildman–Crippen LogP) is 1.88. The fraction of sp³-hybridized carbons (Fsp3) is 0.579. The number of carbonyl (C=O) groups excluding carboxylic acids is 2. The van der Waals surface area contributed by atoms with Gasteiger partial charge in [-0.25, -0.2) is 8.78 Å². The molecule has 1 unspecified atom stereocenters. The van der Waals surface area contributed by atoms with Crippen LogP contribution in [-0.4, -0.2) is 52.0 Å². The third kappa shape index (κ3) is 3.83. The van der Waals surface area contributed by atoms with Crippen LogP contribution in [0.1, 0.15) is 37.7 Å². The van der Waals surface area contributed by atoms with Crippen molar-refractivity contribution >= 4 is 17.5 Å². The van der Waals surface area contributed by atoms with Gasteiger partial charge in [0.15, 0.2) is 5.60 Å². The third-order valence-electron chi connectivity index (χ3n) is 5.57. The topological polar surface area (TPSA) is 83.9 Å². The van der Waals surface area contributed by atoms with Gasteiger partial charge in [-0.05, 0) is 24.5 Å². The summed E-state index contributed by atoms with van der Waals surface area (Å²) in [5, 5.41) is 6.74. The van der Waals surface area contributed by atoms with Gasteiger partial charge >= 0.3 is 0 Å². The average molecular weight is 392 g/mol. The Bertz CT molecular complexity index is 794. The maximum absolute atomic E-state index is 13.1. The summed E-state index contributed by atoms with van der Waals surface area (Å²) >= 11 is 0. The van der Waals surface area contributed by atoms with Crippen molar-refractivity contribution in [3.05, 3.63) is 30.1 Å². The van der Waals surface area contributed by atoms with Crippen molar-refractivity contribution in [3.63, 3.8) is 0 Å². The van der Waals surface area contributed by atoms with Crippen LogP contribution < -0.4 is 5.32 Å². The van der Waals surface area contributed by atoms with Gasteiger partial charge in [0.2, 0.25) is 11.8 Å². The summed E-state index contributed by atoms with van der Waals surface area (Å²) in [5.74, 6) is -3.90. The summed E-state index contributed by atoms with van der Waals surface area (Å²) in [4.78, 5) is 36.1. The first-order valence-corrected chi connectivity index (χ1v) is 9.45. The van der Waals surface area contributed by atoms with Crippen LogP contribution in [0.5, 0.6) is 0 Å². The minimum absolute atomic E-state index is 0.247. The molecular formula is C19H22F2N4O3. The van der Waals surface area contributed by atoms with E-state index in [0.29, 0.717) is 32.4 Å². The number of alkyl halides is 2. The minimum atomic E-state index is -2.72. The Kier molecular flexibility index (Phi) is 4.76. The highest BCUT2D eigenvalue weighted by Crippen LogP contribution is 2.44. The van der Waals surface area contributed by atoms with Crippen molar-refractivity contribution in [1.82, 2.24) is 15.2 Å². The molecule has 1 aliphatic carbocycles. The van der Waals surface area contributed by atoms with Crippen molar-refractivity contribution in [2.75, 3.05) is 13.1 Å². The minimum Gasteiger partial charge on any atom is -0.386 e. The summed E-state index contributed by atoms with van der Waals surface area (Å²) in [5.41, 5.74) is 0.423. The van der Waals surface area contributed by atoms with E-state index in [1.807, 2.05) is 6.07 Å². The van der Waals surface area contributed by atoms with E-state index in [1.54, 1.807) is 23.4 Å². The zero-order valence-electron chi connectivity index (χ0n) is 15.4. The number of aromatic nitrogens is 1. The summed E-state index contributed by atoms with van der Waals surface area (Å²) < 4.78 is 26.2. The fourth-order valence-corrected chi connectivity index (χ4v) is 4.03. The monoisotopic (exact) mass is 392 g/mol. The smallest absolute Gasteiger partial charge is 0.269 e. The molecule has 3 aliphatic rings. The van der Waals surface area contributed by atoms with E-state index in [-0.39, 0.29) is 36.9 Å². The first-order chi connectivity index (χ1) is 13.4. The number of halogens is 2. The maximum Gasteiger partial charge on any atom is 0.269 e. The number of piperidine rings is 1. The van der Waals surface area contributed by atoms with Crippen molar-refractivity contribution in [2.45, 2.75) is 50.2 Å². The normalized spacial score (nSPS) is 26.4. The molecule has 1 saturated heterocycles. The SMILES string of the molecule is O=C(NCc1cccnc1)C1=NOC2(CCCN(C(=O)C3CC(F)(F)C3)C2)C1. The van der Waals surface area contributed by atoms with E-state index in [0.717, 1.165) is 5.56 Å². The van der Waals surface area contributed by atoms with Crippen LogP contribution in [0, 0.1) is 5.92 Å². The number of pyridine rings is 1. The van der Waals surface area contributed by atoms with Crippen molar-refractivity contribution in [3.8, 4) is 0 Å². The van der Waals surface area contributed by atoms with E-state index >= 15 is 0 Å². The second-order valence-corrected chi connectivity index (χ2v) is 7.86. The largest absolute Gasteiger partial charge is 0.386 e. The van der Waals surface area contributed by atoms with Gasteiger partial charge in [0, 0.05) is 50.7 Å². The van der Waals surface area contributed by atoms with Gasteiger partial charge < -0.3 is 15.1 Å². The van der Waals surface area contributed by atoms with Gasteiger partial charge in [-0.1, -0.05) is 11.2 Å². The van der Waals surface area contributed by atoms with Crippen LogP contribution in [0.4, 0.5) is 8.78 Å². The molecule has 1 spiro atoms. The maximum atomic E-state index is 13.1. The molecule has 0 radical (unpaired) electrons. The van der Waals surface area contributed by atoms with Crippen LogP contribution in [0.3, 0.4) is 0 Å². The number of oxime groups is 1. The van der Waals surface area contributed by atoms with Gasteiger partial charge in [-0.3, -0.25) is 14.6 Å². The molecule has 1 aromatic rings. The Morgan fingerprint density at radius 3 is 2.89 bits per heavy atom. The van der Waals surface area contributed by atoms with Crippen molar-refractivity contribution < 1.29 is 23.2 Å². The Morgan fingerprint density at radius 2 is 2.18 bits per heavy atom. The molecule has 0 aromatic carbocycles. The lowest BCUT2D eigenvalue weighted by Crippen LogP contribution is -2.55. The zero-order chi connectivity index (χ0) is 19.8. The molecule has 28 heavy (non-hydrogen) atoms. The lowest BCUT2D eigenvalue weighted by atomic mass is 9.79. The van der Waals surface area contributed by atoms with E-state index in [2.05, 4.69) is 15.5 Å². The molecular weight excluding hydrogens is 370 g/mol. The second-order valence-electron chi connectivity index (χ2n) is 7.86. The standard InChI is InChI=1S/C19H22F2N4O3/c20-19(21)7-14(8-19)17(27)25-6-2-4-18(12-25)9-15(24-28-18)16(26)23-11-13-3-1-5-22-10-13/h1,3,5,10,14H,2,4,6-9,11-12H2,(H,23,26). The van der Waals surface area contributed by atoms with Crippen LogP contribution in [0.15, 0.2) is 29.7 Å². The molecule has 1 N–H and O–H groups in total. The van der Waals surface area contributed by atoms with Gasteiger partial charge in [0.1, 0.15) is 5.71 Å². The molecule has 0 bridgehead atoms. The molecule has 150 valence electrons. The summed E-state index contributed by atoms with van der Waals surface area (Å²) in [7, 11) is 0. The molecule has 7 nitrogen and oxygen atoms in total. The van der Waals surface area contributed by atoms with Crippen LogP contribution in [0.25, 0.3) is 0 Å². The van der Waals surface area contributed by atoms with Crippen molar-refractivity contribution in [1.29, 1.82) is 0 Å². The van der Waals surface area contributed by atoms with E-state index in [9.17, 15) is 18.4 Å². The van der Waals surface area contributed by atoms with E-state index < -0.39 is 17.4 Å². The Hall–Kier alpha value is -2.58. The Balaban J connectivity index is 1.31. The molecule has 9 heteroatoms. The summed E-state index contributed by atoms with van der Waals surface area (Å²) in [6, 6.07) is 3.65. The van der Waals surface area contributed by atoms with Crippen LogP contribution in [-0.2, 0) is 21.0 Å². The quantitative estimate of drug-likeness (QED) is 0.848. The fourth-order valence-electron chi connectivity index (χ4n) is 4.03. The lowest BCUT2D eigenvalue weighted by molar-refractivity contribution is -0.166. The highest BCUT2D eigenvalue weighted by molar-refractivity contribution is 6.39. The number of amides is 2. The lowest BCUT2D eigenvalue weighted by Gasteiger charge is -2.42. The number of likely N-dealkylation sites (tertiary alicyclic amines) is 1. The average Bonchev–Trinajstić information content (AvgIpc) is 3.07. The van der Waals surface area contributed by atoms with E-state index in [1.165, 1.54) is 0 Å². The number of hydrogen-bond acceptors (Lipinski definition) is 5. The Labute approximate surface area is 161 Å². The molecule has 2 aliphatic heterocycles. The number of carbonyl (C=O) groups is 2. The zero-order valence-corrected chi connectivity index (χ0v) is 15.4. The Morgan fingerprint density at radius 1 is 1.36 bits per heavy atom. The predicted molar refractivity (Wildman–Crippen MR) is 95.4 cm³/mol. The van der Waals surface area contributed by atoms with Gasteiger partial charge in [-0.15, -0.1) is 0 Å². The summed E-state index contributed by atoms with van der Waals surface area (Å²) in [6.07, 6.45) is 4.23. The van der Waals surface area contributed by atoms with Crippen LogP contribution >= 0.6 is 0 Å². The molecule has 2 amide bonds. The first kappa shape index (κ1) is 18.8. The van der Waals surface area contributed by atoms with Gasteiger partial charge in [0.05, 0.1) is 6.54 Å². The first-order valence-electron chi connectivity index (χ1n) is 9.45. The third-order valence-corrected chi connectivity index (χ3v) is 5.57. The van der Waals surface area contributed by atoms with Crippen LogP contribution in [0.2, 0.25) is 0 Å².